The minimum absolute atomic E-state index is 0.000790. The van der Waals surface area contributed by atoms with E-state index < -0.39 is 39.5 Å². The van der Waals surface area contributed by atoms with Crippen molar-refractivity contribution < 1.29 is 31.5 Å². The lowest BCUT2D eigenvalue weighted by molar-refractivity contribution is -0.275. The Kier molecular flexibility index (Phi) is 10.4. The Balaban J connectivity index is 2.27. The van der Waals surface area contributed by atoms with Crippen LogP contribution in [0.5, 0.6) is 0 Å². The summed E-state index contributed by atoms with van der Waals surface area (Å²) in [7, 11) is -0.833. The smallest absolute Gasteiger partial charge is 0.262 e. The minimum atomic E-state index is -1.77. The zero-order chi connectivity index (χ0) is 19.7. The van der Waals surface area contributed by atoms with Crippen LogP contribution in [0.3, 0.4) is 0 Å². The second-order valence-corrected chi connectivity index (χ2v) is 8.10. The van der Waals surface area contributed by atoms with E-state index in [-0.39, 0.29) is 24.2 Å². The summed E-state index contributed by atoms with van der Waals surface area (Å²) < 4.78 is 69.5. The SMILES string of the molecule is CC(C)OC(O[SiH2]CCCCCc1cc(F)c(F)c(F)c1F)OC(C)C. The topological polar surface area (TPSA) is 27.7 Å². The van der Waals surface area contributed by atoms with Crippen molar-refractivity contribution in [3.8, 4) is 0 Å². The third-order valence-corrected chi connectivity index (χ3v) is 4.84. The van der Waals surface area contributed by atoms with Gasteiger partial charge in [0.1, 0.15) is 0 Å². The van der Waals surface area contributed by atoms with Crippen molar-refractivity contribution in [2.75, 3.05) is 0 Å². The molecule has 0 bridgehead atoms. The van der Waals surface area contributed by atoms with E-state index in [0.29, 0.717) is 6.42 Å². The first-order chi connectivity index (χ1) is 12.2. The summed E-state index contributed by atoms with van der Waals surface area (Å²) >= 11 is 0. The molecule has 0 saturated carbocycles. The van der Waals surface area contributed by atoms with Gasteiger partial charge in [0.05, 0.1) is 12.2 Å². The molecule has 0 aliphatic rings. The van der Waals surface area contributed by atoms with Crippen molar-refractivity contribution >= 4 is 9.76 Å². The molecule has 1 rings (SSSR count). The van der Waals surface area contributed by atoms with Crippen molar-refractivity contribution in [3.05, 3.63) is 34.9 Å². The average Bonchev–Trinajstić information content (AvgIpc) is 2.55. The highest BCUT2D eigenvalue weighted by Gasteiger charge is 2.18. The average molecular weight is 396 g/mol. The van der Waals surface area contributed by atoms with E-state index in [1.165, 1.54) is 0 Å². The van der Waals surface area contributed by atoms with E-state index in [4.69, 9.17) is 13.9 Å². The van der Waals surface area contributed by atoms with Gasteiger partial charge in [0.15, 0.2) is 33.0 Å². The van der Waals surface area contributed by atoms with Crippen LogP contribution in [0, 0.1) is 23.3 Å². The first-order valence-corrected chi connectivity index (χ1v) is 10.5. The quantitative estimate of drug-likeness (QED) is 0.129. The molecule has 0 unspecified atom stereocenters. The number of hydrogen-bond acceptors (Lipinski definition) is 3. The minimum Gasteiger partial charge on any atom is -0.379 e. The van der Waals surface area contributed by atoms with Crippen molar-refractivity contribution in [2.24, 2.45) is 0 Å². The van der Waals surface area contributed by atoms with Crippen LogP contribution in [0.15, 0.2) is 6.07 Å². The Morgan fingerprint density at radius 2 is 1.46 bits per heavy atom. The van der Waals surface area contributed by atoms with Gasteiger partial charge in [-0.1, -0.05) is 12.8 Å². The molecule has 0 atom stereocenters. The van der Waals surface area contributed by atoms with Gasteiger partial charge >= 0.3 is 0 Å². The summed E-state index contributed by atoms with van der Waals surface area (Å²) in [4.78, 5) is 0. The molecule has 26 heavy (non-hydrogen) atoms. The third kappa shape index (κ3) is 8.16. The van der Waals surface area contributed by atoms with Crippen molar-refractivity contribution in [1.29, 1.82) is 0 Å². The second-order valence-electron chi connectivity index (χ2n) is 6.65. The van der Waals surface area contributed by atoms with Crippen molar-refractivity contribution in [3.63, 3.8) is 0 Å². The molecule has 0 heterocycles. The summed E-state index contributed by atoms with van der Waals surface area (Å²) in [5.41, 5.74) is -0.134. The lowest BCUT2D eigenvalue weighted by Crippen LogP contribution is -2.28. The first-order valence-electron chi connectivity index (χ1n) is 8.96. The van der Waals surface area contributed by atoms with Gasteiger partial charge in [-0.25, -0.2) is 17.6 Å². The number of ether oxygens (including phenoxy) is 2. The third-order valence-electron chi connectivity index (χ3n) is 3.54. The lowest BCUT2D eigenvalue weighted by atomic mass is 10.1. The van der Waals surface area contributed by atoms with E-state index in [1.54, 1.807) is 0 Å². The first kappa shape index (κ1) is 23.1. The molecule has 0 aromatic heterocycles. The Hall–Kier alpha value is -0.963. The number of rotatable bonds is 12. The number of unbranched alkanes of at least 4 members (excludes halogenated alkanes) is 2. The van der Waals surface area contributed by atoms with Gasteiger partial charge in [-0.2, -0.15) is 0 Å². The van der Waals surface area contributed by atoms with Gasteiger partial charge < -0.3 is 13.9 Å². The molecule has 0 N–H and O–H groups in total. The normalized spacial score (nSPS) is 12.4. The summed E-state index contributed by atoms with van der Waals surface area (Å²) in [6.07, 6.45) is 2.34. The van der Waals surface area contributed by atoms with E-state index in [1.807, 2.05) is 27.7 Å². The number of halogens is 4. The molecule has 0 spiro atoms. The molecular weight excluding hydrogens is 368 g/mol. The molecule has 1 aromatic carbocycles. The molecule has 0 amide bonds. The number of benzene rings is 1. The lowest BCUT2D eigenvalue weighted by Gasteiger charge is -2.23. The standard InChI is InChI=1S/C18H28F4O3Si/c1-11(2)23-18(24-12(3)4)25-26-9-7-5-6-8-13-10-14(19)16(21)17(22)15(13)20/h10-12,18H,5-9,26H2,1-4H3. The van der Waals surface area contributed by atoms with Crippen molar-refractivity contribution in [2.45, 2.75) is 78.1 Å². The maximum absolute atomic E-state index is 13.5. The van der Waals surface area contributed by atoms with Gasteiger partial charge in [-0.15, -0.1) is 0 Å². The Labute approximate surface area is 155 Å². The fourth-order valence-electron chi connectivity index (χ4n) is 2.31. The monoisotopic (exact) mass is 396 g/mol. The van der Waals surface area contributed by atoms with Crippen LogP contribution >= 0.6 is 0 Å². The Morgan fingerprint density at radius 1 is 0.846 bits per heavy atom. The maximum Gasteiger partial charge on any atom is 0.262 e. The Morgan fingerprint density at radius 3 is 2.04 bits per heavy atom. The van der Waals surface area contributed by atoms with Crippen LogP contribution in [0.4, 0.5) is 17.6 Å². The van der Waals surface area contributed by atoms with Crippen LogP contribution in [-0.2, 0) is 20.3 Å². The molecule has 0 saturated heterocycles. The van der Waals surface area contributed by atoms with Gasteiger partial charge in [-0.05, 0) is 58.2 Å². The molecule has 3 nitrogen and oxygen atoms in total. The largest absolute Gasteiger partial charge is 0.379 e. The fraction of sp³-hybridized carbons (Fsp3) is 0.667. The number of hydrogen-bond donors (Lipinski definition) is 0. The van der Waals surface area contributed by atoms with Crippen LogP contribution in [-0.4, -0.2) is 28.4 Å². The van der Waals surface area contributed by atoms with Crippen molar-refractivity contribution in [1.82, 2.24) is 0 Å². The number of aryl methyl sites for hydroxylation is 1. The molecular formula is C18H28F4O3Si. The maximum atomic E-state index is 13.5. The highest BCUT2D eigenvalue weighted by atomic mass is 28.2. The molecule has 0 fully saturated rings. The molecule has 0 aliphatic carbocycles. The fourth-order valence-corrected chi connectivity index (χ4v) is 3.38. The van der Waals surface area contributed by atoms with Crippen LogP contribution < -0.4 is 0 Å². The van der Waals surface area contributed by atoms with E-state index in [0.717, 1.165) is 25.0 Å². The predicted molar refractivity (Wildman–Crippen MR) is 94.5 cm³/mol. The summed E-state index contributed by atoms with van der Waals surface area (Å²) in [6.45, 7) is 6.97. The van der Waals surface area contributed by atoms with Crippen LogP contribution in [0.25, 0.3) is 0 Å². The molecule has 1 aromatic rings. The van der Waals surface area contributed by atoms with Crippen LogP contribution in [0.2, 0.25) is 6.04 Å². The van der Waals surface area contributed by atoms with E-state index in [9.17, 15) is 17.6 Å². The highest BCUT2D eigenvalue weighted by molar-refractivity contribution is 6.27. The zero-order valence-corrected chi connectivity index (χ0v) is 17.2. The van der Waals surface area contributed by atoms with E-state index in [2.05, 4.69) is 0 Å². The zero-order valence-electron chi connectivity index (χ0n) is 15.8. The molecule has 0 radical (unpaired) electrons. The van der Waals surface area contributed by atoms with E-state index >= 15 is 0 Å². The van der Waals surface area contributed by atoms with Gasteiger partial charge in [0.25, 0.3) is 6.48 Å². The van der Waals surface area contributed by atoms with Gasteiger partial charge in [0.2, 0.25) is 0 Å². The van der Waals surface area contributed by atoms with Gasteiger partial charge in [-0.3, -0.25) is 0 Å². The van der Waals surface area contributed by atoms with Gasteiger partial charge in [0, 0.05) is 0 Å². The predicted octanol–water partition coefficient (Wildman–Crippen LogP) is 4.61. The summed E-state index contributed by atoms with van der Waals surface area (Å²) in [6, 6.07) is 1.61. The molecule has 8 heteroatoms. The Bertz CT molecular complexity index is 546. The van der Waals surface area contributed by atoms with Crippen LogP contribution in [0.1, 0.15) is 52.5 Å². The molecule has 150 valence electrons. The highest BCUT2D eigenvalue weighted by Crippen LogP contribution is 2.20. The second kappa shape index (κ2) is 11.7. The molecule has 0 aliphatic heterocycles. The summed E-state index contributed by atoms with van der Waals surface area (Å²) in [5.74, 6) is -6.18. The summed E-state index contributed by atoms with van der Waals surface area (Å²) in [5, 5.41) is 0.